The second-order valence-electron chi connectivity index (χ2n) is 3.74. The van der Waals surface area contributed by atoms with Crippen LogP contribution in [0.15, 0.2) is 30.9 Å². The Labute approximate surface area is 99.2 Å². The molecule has 2 aromatic rings. The number of carbonyl (C=O) groups is 1. The summed E-state index contributed by atoms with van der Waals surface area (Å²) in [6.45, 7) is 4.57. The normalized spacial score (nSPS) is 12.4. The first-order valence-electron chi connectivity index (χ1n) is 5.53. The van der Waals surface area contributed by atoms with Crippen molar-refractivity contribution < 1.29 is 4.79 Å². The minimum atomic E-state index is -0.338. The summed E-state index contributed by atoms with van der Waals surface area (Å²) >= 11 is 0. The predicted molar refractivity (Wildman–Crippen MR) is 63.5 cm³/mol. The molecule has 6 heteroatoms. The van der Waals surface area contributed by atoms with E-state index in [1.54, 1.807) is 47.1 Å². The summed E-state index contributed by atoms with van der Waals surface area (Å²) in [5, 5.41) is 10.9. The van der Waals surface area contributed by atoms with Crippen LogP contribution in [0.25, 0.3) is 0 Å². The quantitative estimate of drug-likeness (QED) is 0.865. The highest BCUT2D eigenvalue weighted by Crippen LogP contribution is 2.10. The molecule has 2 aromatic heterocycles. The highest BCUT2D eigenvalue weighted by molar-refractivity contribution is 5.93. The Morgan fingerprint density at radius 3 is 2.94 bits per heavy atom. The third kappa shape index (κ3) is 2.52. The van der Waals surface area contributed by atoms with Gasteiger partial charge in [-0.3, -0.25) is 14.2 Å². The summed E-state index contributed by atoms with van der Waals surface area (Å²) in [6, 6.07) is 1.45. The van der Waals surface area contributed by atoms with Gasteiger partial charge in [-0.15, -0.1) is 0 Å². The zero-order chi connectivity index (χ0) is 12.3. The van der Waals surface area contributed by atoms with Crippen molar-refractivity contribution in [3.05, 3.63) is 30.9 Å². The maximum absolute atomic E-state index is 11.9. The molecule has 1 atom stereocenters. The molecule has 0 saturated heterocycles. The molecule has 90 valence electrons. The van der Waals surface area contributed by atoms with E-state index in [1.807, 2.05) is 6.92 Å². The first-order valence-corrected chi connectivity index (χ1v) is 5.53. The van der Waals surface area contributed by atoms with Gasteiger partial charge in [-0.25, -0.2) is 0 Å². The Morgan fingerprint density at radius 2 is 2.35 bits per heavy atom. The summed E-state index contributed by atoms with van der Waals surface area (Å²) in [5.41, 5.74) is 0.704. The van der Waals surface area contributed by atoms with Gasteiger partial charge in [-0.05, 0) is 19.9 Å². The minimum absolute atomic E-state index is 0.107. The van der Waals surface area contributed by atoms with E-state index in [2.05, 4.69) is 15.5 Å². The fourth-order valence-corrected chi connectivity index (χ4v) is 1.48. The van der Waals surface area contributed by atoms with Crippen molar-refractivity contribution in [3.63, 3.8) is 0 Å². The Kier molecular flexibility index (Phi) is 3.22. The molecular formula is C11H15N5O. The van der Waals surface area contributed by atoms with Crippen molar-refractivity contribution in [1.82, 2.24) is 19.6 Å². The van der Waals surface area contributed by atoms with Gasteiger partial charge in [0.05, 0.1) is 11.9 Å². The van der Waals surface area contributed by atoms with Gasteiger partial charge in [0.15, 0.2) is 0 Å². The maximum atomic E-state index is 11.9. The molecule has 0 bridgehead atoms. The monoisotopic (exact) mass is 233 g/mol. The predicted octanol–water partition coefficient (Wildman–Crippen LogP) is 1.30. The van der Waals surface area contributed by atoms with Crippen molar-refractivity contribution in [2.75, 3.05) is 5.32 Å². The second-order valence-corrected chi connectivity index (χ2v) is 3.74. The third-order valence-corrected chi connectivity index (χ3v) is 2.53. The molecule has 0 fully saturated rings. The van der Waals surface area contributed by atoms with Crippen molar-refractivity contribution >= 4 is 11.6 Å². The minimum Gasteiger partial charge on any atom is -0.322 e. The van der Waals surface area contributed by atoms with Gasteiger partial charge in [0.25, 0.3) is 0 Å². The van der Waals surface area contributed by atoms with E-state index < -0.39 is 0 Å². The number of aromatic nitrogens is 4. The van der Waals surface area contributed by atoms with Crippen molar-refractivity contribution in [3.8, 4) is 0 Å². The smallest absolute Gasteiger partial charge is 0.249 e. The van der Waals surface area contributed by atoms with Crippen molar-refractivity contribution in [1.29, 1.82) is 0 Å². The molecular weight excluding hydrogens is 218 g/mol. The van der Waals surface area contributed by atoms with Crippen LogP contribution in [0.2, 0.25) is 0 Å². The fourth-order valence-electron chi connectivity index (χ4n) is 1.48. The topological polar surface area (TPSA) is 64.7 Å². The Bertz CT molecular complexity index is 488. The number of rotatable bonds is 4. The largest absolute Gasteiger partial charge is 0.322 e. The lowest BCUT2D eigenvalue weighted by Crippen LogP contribution is -2.23. The van der Waals surface area contributed by atoms with Gasteiger partial charge in [-0.1, -0.05) is 0 Å². The Hall–Kier alpha value is -2.11. The van der Waals surface area contributed by atoms with E-state index in [9.17, 15) is 4.79 Å². The first-order chi connectivity index (χ1) is 8.20. The summed E-state index contributed by atoms with van der Waals surface area (Å²) in [4.78, 5) is 11.9. The van der Waals surface area contributed by atoms with Crippen LogP contribution in [0.5, 0.6) is 0 Å². The van der Waals surface area contributed by atoms with Crippen LogP contribution in [-0.2, 0) is 11.3 Å². The average molecular weight is 233 g/mol. The average Bonchev–Trinajstić information content (AvgIpc) is 2.98. The van der Waals surface area contributed by atoms with Crippen LogP contribution in [0.4, 0.5) is 5.69 Å². The highest BCUT2D eigenvalue weighted by Gasteiger charge is 2.15. The number of nitrogens with one attached hydrogen (secondary N) is 1. The van der Waals surface area contributed by atoms with E-state index in [1.165, 1.54) is 0 Å². The van der Waals surface area contributed by atoms with Crippen LogP contribution in [0.1, 0.15) is 19.9 Å². The third-order valence-electron chi connectivity index (χ3n) is 2.53. The summed E-state index contributed by atoms with van der Waals surface area (Å²) in [6.07, 6.45) is 6.85. The Balaban J connectivity index is 2.01. The second kappa shape index (κ2) is 4.82. The van der Waals surface area contributed by atoms with Gasteiger partial charge in [-0.2, -0.15) is 10.2 Å². The molecule has 1 N–H and O–H groups in total. The van der Waals surface area contributed by atoms with E-state index in [0.717, 1.165) is 6.54 Å². The van der Waals surface area contributed by atoms with Gasteiger partial charge in [0.1, 0.15) is 6.04 Å². The molecule has 1 amide bonds. The van der Waals surface area contributed by atoms with Crippen LogP contribution < -0.4 is 5.32 Å². The summed E-state index contributed by atoms with van der Waals surface area (Å²) in [5.74, 6) is -0.107. The lowest BCUT2D eigenvalue weighted by molar-refractivity contribution is -0.119. The van der Waals surface area contributed by atoms with Crippen molar-refractivity contribution in [2.24, 2.45) is 0 Å². The molecule has 2 rings (SSSR count). The number of hydrogen-bond acceptors (Lipinski definition) is 3. The van der Waals surface area contributed by atoms with Crippen LogP contribution in [0.3, 0.4) is 0 Å². The standard InChI is InChI=1S/C11H15N5O/c1-3-15-8-10(7-13-15)14-11(17)9(2)16-6-4-5-12-16/h4-9H,3H2,1-2H3,(H,14,17)/t9-/m1/s1. The number of amides is 1. The van der Waals surface area contributed by atoms with E-state index in [0.29, 0.717) is 5.69 Å². The molecule has 6 nitrogen and oxygen atoms in total. The number of nitrogens with zero attached hydrogens (tertiary/aromatic N) is 4. The van der Waals surface area contributed by atoms with Gasteiger partial charge in [0.2, 0.25) is 5.91 Å². The molecule has 0 aliphatic carbocycles. The van der Waals surface area contributed by atoms with E-state index in [-0.39, 0.29) is 11.9 Å². The molecule has 0 radical (unpaired) electrons. The number of anilines is 1. The fraction of sp³-hybridized carbons (Fsp3) is 0.364. The molecule has 0 aliphatic heterocycles. The lowest BCUT2D eigenvalue weighted by Gasteiger charge is -2.11. The molecule has 0 unspecified atom stereocenters. The van der Waals surface area contributed by atoms with Gasteiger partial charge < -0.3 is 5.32 Å². The van der Waals surface area contributed by atoms with E-state index >= 15 is 0 Å². The molecule has 0 spiro atoms. The van der Waals surface area contributed by atoms with Crippen LogP contribution in [-0.4, -0.2) is 25.5 Å². The van der Waals surface area contributed by atoms with Gasteiger partial charge >= 0.3 is 0 Å². The molecule has 0 aromatic carbocycles. The number of aryl methyl sites for hydroxylation is 1. The zero-order valence-electron chi connectivity index (χ0n) is 9.87. The first kappa shape index (κ1) is 11.4. The SMILES string of the molecule is CCn1cc(NC(=O)[C@@H](C)n2cccn2)cn1. The van der Waals surface area contributed by atoms with E-state index in [4.69, 9.17) is 0 Å². The highest BCUT2D eigenvalue weighted by atomic mass is 16.2. The summed E-state index contributed by atoms with van der Waals surface area (Å²) < 4.78 is 3.37. The molecule has 17 heavy (non-hydrogen) atoms. The zero-order valence-corrected chi connectivity index (χ0v) is 9.87. The van der Waals surface area contributed by atoms with Gasteiger partial charge in [0, 0.05) is 25.1 Å². The van der Waals surface area contributed by atoms with Crippen LogP contribution >= 0.6 is 0 Å². The van der Waals surface area contributed by atoms with Crippen LogP contribution in [0, 0.1) is 0 Å². The maximum Gasteiger partial charge on any atom is 0.249 e. The molecule has 2 heterocycles. The number of carbonyl (C=O) groups excluding carboxylic acids is 1. The molecule has 0 saturated carbocycles. The molecule has 0 aliphatic rings. The van der Waals surface area contributed by atoms with Crippen molar-refractivity contribution in [2.45, 2.75) is 26.4 Å². The number of hydrogen-bond donors (Lipinski definition) is 1. The summed E-state index contributed by atoms with van der Waals surface area (Å²) in [7, 11) is 0. The Morgan fingerprint density at radius 1 is 1.53 bits per heavy atom. The lowest BCUT2D eigenvalue weighted by atomic mass is 10.3.